The summed E-state index contributed by atoms with van der Waals surface area (Å²) in [5.74, 6) is -1.50. The van der Waals surface area contributed by atoms with Crippen LogP contribution in [0.2, 0.25) is 0 Å². The van der Waals surface area contributed by atoms with Gasteiger partial charge in [-0.1, -0.05) is 18.2 Å². The number of hydrogen-bond donors (Lipinski definition) is 0. The molecule has 0 saturated carbocycles. The normalized spacial score (nSPS) is 19.6. The Morgan fingerprint density at radius 2 is 1.72 bits per heavy atom. The SMILES string of the molecule is O=C1C=CC=CCC(=O)CCC(=O)OCC(=O)C1. The fraction of sp³-hybridized carbons (Fsp3) is 0.385. The lowest BCUT2D eigenvalue weighted by Gasteiger charge is -2.03. The van der Waals surface area contributed by atoms with Gasteiger partial charge in [0.05, 0.1) is 12.8 Å². The molecule has 1 aliphatic rings. The molecule has 0 spiro atoms. The molecule has 0 atom stereocenters. The Balaban J connectivity index is 2.66. The molecule has 0 amide bonds. The number of allylic oxidation sites excluding steroid dienone is 4. The molecule has 5 heteroatoms. The molecule has 0 aromatic heterocycles. The largest absolute Gasteiger partial charge is 0.458 e. The molecular formula is C13H14O5. The van der Waals surface area contributed by atoms with Crippen molar-refractivity contribution in [2.75, 3.05) is 6.61 Å². The van der Waals surface area contributed by atoms with Gasteiger partial charge in [-0.2, -0.15) is 0 Å². The summed E-state index contributed by atoms with van der Waals surface area (Å²) in [7, 11) is 0. The molecule has 1 rings (SSSR count). The van der Waals surface area contributed by atoms with Crippen molar-refractivity contribution in [3.05, 3.63) is 24.3 Å². The number of ether oxygens (including phenoxy) is 1. The quantitative estimate of drug-likeness (QED) is 0.472. The number of rotatable bonds is 0. The smallest absolute Gasteiger partial charge is 0.306 e. The minimum atomic E-state index is -0.597. The van der Waals surface area contributed by atoms with E-state index in [1.165, 1.54) is 12.2 Å². The third-order valence-corrected chi connectivity index (χ3v) is 2.25. The standard InChI is InChI=1S/C13H14O5/c14-10-4-2-1-3-5-11(15)8-12(16)9-18-13(17)7-6-10/h1-3,5H,4,6-9H2. The van der Waals surface area contributed by atoms with Crippen LogP contribution in [0.15, 0.2) is 24.3 Å². The predicted molar refractivity (Wildman–Crippen MR) is 62.7 cm³/mol. The van der Waals surface area contributed by atoms with Gasteiger partial charge in [-0.25, -0.2) is 0 Å². The summed E-state index contributed by atoms with van der Waals surface area (Å²) in [6, 6.07) is 0. The van der Waals surface area contributed by atoms with Crippen molar-refractivity contribution < 1.29 is 23.9 Å². The maximum absolute atomic E-state index is 11.3. The zero-order chi connectivity index (χ0) is 13.4. The zero-order valence-corrected chi connectivity index (χ0v) is 9.89. The minimum absolute atomic E-state index is 0.0380. The van der Waals surface area contributed by atoms with Crippen molar-refractivity contribution in [1.82, 2.24) is 0 Å². The van der Waals surface area contributed by atoms with E-state index in [9.17, 15) is 19.2 Å². The highest BCUT2D eigenvalue weighted by Crippen LogP contribution is 2.01. The van der Waals surface area contributed by atoms with Gasteiger partial charge >= 0.3 is 5.97 Å². The number of cyclic esters (lactones) is 1. The summed E-state index contributed by atoms with van der Waals surface area (Å²) in [6.45, 7) is -0.414. The van der Waals surface area contributed by atoms with E-state index in [0.717, 1.165) is 0 Å². The fourth-order valence-corrected chi connectivity index (χ4v) is 1.32. The topological polar surface area (TPSA) is 77.5 Å². The lowest BCUT2D eigenvalue weighted by Crippen LogP contribution is -2.17. The lowest BCUT2D eigenvalue weighted by molar-refractivity contribution is -0.149. The van der Waals surface area contributed by atoms with Crippen LogP contribution in [0.5, 0.6) is 0 Å². The van der Waals surface area contributed by atoms with Crippen LogP contribution >= 0.6 is 0 Å². The summed E-state index contributed by atoms with van der Waals surface area (Å²) in [5, 5.41) is 0. The maximum atomic E-state index is 11.3. The molecule has 0 saturated heterocycles. The van der Waals surface area contributed by atoms with Crippen molar-refractivity contribution in [1.29, 1.82) is 0 Å². The van der Waals surface area contributed by atoms with Gasteiger partial charge in [0.25, 0.3) is 0 Å². The first-order valence-electron chi connectivity index (χ1n) is 5.63. The van der Waals surface area contributed by atoms with Crippen LogP contribution in [0, 0.1) is 0 Å². The Morgan fingerprint density at radius 3 is 2.50 bits per heavy atom. The second-order valence-electron chi connectivity index (χ2n) is 3.87. The molecule has 0 aromatic rings. The van der Waals surface area contributed by atoms with E-state index in [1.54, 1.807) is 12.2 Å². The van der Waals surface area contributed by atoms with Crippen molar-refractivity contribution in [3.8, 4) is 0 Å². The molecular weight excluding hydrogens is 236 g/mol. The Hall–Kier alpha value is -2.04. The number of esters is 1. The van der Waals surface area contributed by atoms with Crippen molar-refractivity contribution in [2.45, 2.75) is 25.7 Å². The van der Waals surface area contributed by atoms with Gasteiger partial charge in [-0.15, -0.1) is 0 Å². The highest BCUT2D eigenvalue weighted by atomic mass is 16.5. The van der Waals surface area contributed by atoms with Crippen molar-refractivity contribution in [3.63, 3.8) is 0 Å². The molecule has 0 aromatic carbocycles. The van der Waals surface area contributed by atoms with Crippen LogP contribution in [-0.4, -0.2) is 29.9 Å². The highest BCUT2D eigenvalue weighted by molar-refractivity contribution is 6.05. The first-order chi connectivity index (χ1) is 8.58. The lowest BCUT2D eigenvalue weighted by atomic mass is 10.1. The average Bonchev–Trinajstić information content (AvgIpc) is 2.32. The summed E-state index contributed by atoms with van der Waals surface area (Å²) in [4.78, 5) is 45.0. The molecule has 0 N–H and O–H groups in total. The van der Waals surface area contributed by atoms with Gasteiger partial charge in [0.15, 0.2) is 11.6 Å². The zero-order valence-electron chi connectivity index (χ0n) is 9.89. The van der Waals surface area contributed by atoms with Crippen LogP contribution in [0.1, 0.15) is 25.7 Å². The number of carbonyl (C=O) groups excluding carboxylic acids is 4. The van der Waals surface area contributed by atoms with Crippen molar-refractivity contribution >= 4 is 23.3 Å². The molecule has 0 fully saturated rings. The average molecular weight is 250 g/mol. The van der Waals surface area contributed by atoms with Gasteiger partial charge in [0, 0.05) is 12.8 Å². The molecule has 1 heterocycles. The first kappa shape index (κ1) is 14.0. The molecule has 96 valence electrons. The number of Topliss-reactive ketones (excluding diaryl/α,β-unsaturated/α-hetero) is 2. The van der Waals surface area contributed by atoms with E-state index < -0.39 is 18.4 Å². The van der Waals surface area contributed by atoms with Gasteiger partial charge in [-0.3, -0.25) is 19.2 Å². The highest BCUT2D eigenvalue weighted by Gasteiger charge is 2.12. The van der Waals surface area contributed by atoms with Crippen LogP contribution in [0.25, 0.3) is 0 Å². The third kappa shape index (κ3) is 5.89. The second-order valence-corrected chi connectivity index (χ2v) is 3.87. The van der Waals surface area contributed by atoms with E-state index in [1.807, 2.05) is 0 Å². The van der Waals surface area contributed by atoms with Crippen LogP contribution in [0.3, 0.4) is 0 Å². The van der Waals surface area contributed by atoms with E-state index in [-0.39, 0.29) is 37.2 Å². The molecule has 0 radical (unpaired) electrons. The van der Waals surface area contributed by atoms with Gasteiger partial charge in [-0.05, 0) is 6.08 Å². The number of ketones is 3. The summed E-state index contributed by atoms with van der Waals surface area (Å²) < 4.78 is 4.66. The molecule has 0 bridgehead atoms. The van der Waals surface area contributed by atoms with E-state index >= 15 is 0 Å². The molecule has 1 aliphatic heterocycles. The molecule has 0 unspecified atom stereocenters. The molecule has 5 nitrogen and oxygen atoms in total. The number of carbonyl (C=O) groups is 4. The third-order valence-electron chi connectivity index (χ3n) is 2.25. The second kappa shape index (κ2) is 7.32. The van der Waals surface area contributed by atoms with Gasteiger partial charge in [0.1, 0.15) is 12.4 Å². The Kier molecular flexibility index (Phi) is 5.70. The monoisotopic (exact) mass is 250 g/mol. The Labute approximate surface area is 104 Å². The number of hydrogen-bond acceptors (Lipinski definition) is 5. The summed E-state index contributed by atoms with van der Waals surface area (Å²) in [6.07, 6.45) is 5.91. The van der Waals surface area contributed by atoms with Crippen LogP contribution in [0.4, 0.5) is 0 Å². The molecule has 18 heavy (non-hydrogen) atoms. The van der Waals surface area contributed by atoms with Crippen molar-refractivity contribution in [2.24, 2.45) is 0 Å². The van der Waals surface area contributed by atoms with Crippen LogP contribution in [-0.2, 0) is 23.9 Å². The Bertz CT molecular complexity index is 417. The summed E-state index contributed by atoms with van der Waals surface area (Å²) >= 11 is 0. The van der Waals surface area contributed by atoms with Gasteiger partial charge in [0.2, 0.25) is 0 Å². The van der Waals surface area contributed by atoms with Crippen LogP contribution < -0.4 is 0 Å². The van der Waals surface area contributed by atoms with E-state index in [0.29, 0.717) is 0 Å². The van der Waals surface area contributed by atoms with Gasteiger partial charge < -0.3 is 4.74 Å². The predicted octanol–water partition coefficient (Wildman–Crippen LogP) is 0.923. The molecule has 0 aliphatic carbocycles. The summed E-state index contributed by atoms with van der Waals surface area (Å²) in [5.41, 5.74) is 0. The fourth-order valence-electron chi connectivity index (χ4n) is 1.32. The first-order valence-corrected chi connectivity index (χ1v) is 5.63. The minimum Gasteiger partial charge on any atom is -0.458 e. The van der Waals surface area contributed by atoms with E-state index in [2.05, 4.69) is 4.74 Å². The van der Waals surface area contributed by atoms with E-state index in [4.69, 9.17) is 0 Å². The Morgan fingerprint density at radius 1 is 0.944 bits per heavy atom. The maximum Gasteiger partial charge on any atom is 0.306 e.